The molecule has 4 aromatic rings. The van der Waals surface area contributed by atoms with Crippen molar-refractivity contribution in [3.05, 3.63) is 99.4 Å². The standard InChI is InChI=1S/C25H21ClN2O6S/c1-15-8-11-18(12-9-15)35(31,32)28-22(16-6-4-3-5-7-16)23(29)27-17-10-13-19-20(14-17)24(30)34-25(33-2)21(19)26/h3-14,22,28H,1-2H3,(H,27,29). The highest BCUT2D eigenvalue weighted by Crippen LogP contribution is 2.32. The van der Waals surface area contributed by atoms with Crippen LogP contribution in [0.15, 0.2) is 86.9 Å². The number of rotatable bonds is 7. The summed E-state index contributed by atoms with van der Waals surface area (Å²) >= 11 is 6.22. The van der Waals surface area contributed by atoms with Crippen LogP contribution in [0.25, 0.3) is 10.8 Å². The van der Waals surface area contributed by atoms with Gasteiger partial charge in [0.2, 0.25) is 15.9 Å². The first-order valence-electron chi connectivity index (χ1n) is 10.4. The minimum atomic E-state index is -4.02. The van der Waals surface area contributed by atoms with Crippen molar-refractivity contribution in [1.82, 2.24) is 4.72 Å². The number of anilines is 1. The molecule has 2 N–H and O–H groups in total. The lowest BCUT2D eigenvalue weighted by Crippen LogP contribution is -2.37. The van der Waals surface area contributed by atoms with E-state index in [1.54, 1.807) is 54.6 Å². The fourth-order valence-electron chi connectivity index (χ4n) is 3.48. The lowest BCUT2D eigenvalue weighted by atomic mass is 10.1. The maximum absolute atomic E-state index is 13.3. The molecule has 3 aromatic carbocycles. The molecule has 0 spiro atoms. The molecule has 0 saturated heterocycles. The van der Waals surface area contributed by atoms with Crippen LogP contribution in [-0.4, -0.2) is 21.4 Å². The number of benzene rings is 3. The topological polar surface area (TPSA) is 115 Å². The third kappa shape index (κ3) is 5.22. The number of ether oxygens (including phenoxy) is 1. The van der Waals surface area contributed by atoms with Crippen molar-refractivity contribution < 1.29 is 22.4 Å². The Balaban J connectivity index is 1.68. The van der Waals surface area contributed by atoms with Gasteiger partial charge in [0.05, 0.1) is 17.4 Å². The van der Waals surface area contributed by atoms with Crippen LogP contribution >= 0.6 is 11.6 Å². The number of fused-ring (bicyclic) bond motifs is 1. The van der Waals surface area contributed by atoms with Crippen LogP contribution in [0.1, 0.15) is 17.2 Å². The third-order valence-electron chi connectivity index (χ3n) is 5.29. The van der Waals surface area contributed by atoms with Crippen molar-refractivity contribution in [1.29, 1.82) is 0 Å². The number of carbonyl (C=O) groups excluding carboxylic acids is 1. The molecule has 0 radical (unpaired) electrons. The number of aryl methyl sites for hydroxylation is 1. The van der Waals surface area contributed by atoms with Gasteiger partial charge in [0.15, 0.2) is 0 Å². The Morgan fingerprint density at radius 2 is 1.69 bits per heavy atom. The van der Waals surface area contributed by atoms with Crippen LogP contribution in [0.2, 0.25) is 5.02 Å². The average Bonchev–Trinajstić information content (AvgIpc) is 2.85. The minimum absolute atomic E-state index is 0.0312. The molecule has 180 valence electrons. The Morgan fingerprint density at radius 3 is 2.34 bits per heavy atom. The highest BCUT2D eigenvalue weighted by molar-refractivity contribution is 7.89. The van der Waals surface area contributed by atoms with Crippen molar-refractivity contribution in [2.24, 2.45) is 0 Å². The summed E-state index contributed by atoms with van der Waals surface area (Å²) in [6.45, 7) is 1.84. The highest BCUT2D eigenvalue weighted by atomic mass is 35.5. The number of carbonyl (C=O) groups is 1. The van der Waals surface area contributed by atoms with E-state index in [1.807, 2.05) is 6.92 Å². The van der Waals surface area contributed by atoms with Gasteiger partial charge in [0, 0.05) is 11.1 Å². The zero-order chi connectivity index (χ0) is 25.2. The molecule has 1 unspecified atom stereocenters. The molecule has 1 heterocycles. The summed E-state index contributed by atoms with van der Waals surface area (Å²) in [4.78, 5) is 25.7. The molecule has 8 nitrogen and oxygen atoms in total. The van der Waals surface area contributed by atoms with Gasteiger partial charge in [-0.15, -0.1) is 0 Å². The molecule has 0 aliphatic carbocycles. The van der Waals surface area contributed by atoms with Gasteiger partial charge in [-0.3, -0.25) is 4.79 Å². The van der Waals surface area contributed by atoms with Gasteiger partial charge in [0.1, 0.15) is 11.1 Å². The molecular formula is C25H21ClN2O6S. The van der Waals surface area contributed by atoms with Gasteiger partial charge in [0.25, 0.3) is 0 Å². The van der Waals surface area contributed by atoms with Crippen LogP contribution in [-0.2, 0) is 14.8 Å². The second kappa shape index (κ2) is 9.91. The van der Waals surface area contributed by atoms with Crippen LogP contribution < -0.4 is 20.4 Å². The third-order valence-corrected chi connectivity index (χ3v) is 7.09. The summed E-state index contributed by atoms with van der Waals surface area (Å²) < 4.78 is 38.6. The second-order valence-electron chi connectivity index (χ2n) is 7.72. The van der Waals surface area contributed by atoms with Crippen LogP contribution in [0.5, 0.6) is 5.95 Å². The summed E-state index contributed by atoms with van der Waals surface area (Å²) in [5, 5.41) is 3.31. The lowest BCUT2D eigenvalue weighted by Gasteiger charge is -2.19. The molecule has 1 aromatic heterocycles. The molecule has 4 rings (SSSR count). The SMILES string of the molecule is COc1oc(=O)c2cc(NC(=O)C(NS(=O)(=O)c3ccc(C)cc3)c3ccccc3)ccc2c1Cl. The number of hydrogen-bond acceptors (Lipinski definition) is 6. The second-order valence-corrected chi connectivity index (χ2v) is 9.81. The number of nitrogens with one attached hydrogen (secondary N) is 2. The molecule has 0 saturated carbocycles. The quantitative estimate of drug-likeness (QED) is 0.379. The van der Waals surface area contributed by atoms with E-state index in [-0.39, 0.29) is 26.9 Å². The number of hydrogen-bond donors (Lipinski definition) is 2. The number of methoxy groups -OCH3 is 1. The van der Waals surface area contributed by atoms with Crippen molar-refractivity contribution in [2.45, 2.75) is 17.9 Å². The Morgan fingerprint density at radius 1 is 1.00 bits per heavy atom. The fraction of sp³-hybridized carbons (Fsp3) is 0.120. The molecule has 1 atom stereocenters. The zero-order valence-electron chi connectivity index (χ0n) is 18.7. The van der Waals surface area contributed by atoms with Gasteiger partial charge in [-0.1, -0.05) is 65.7 Å². The Hall–Kier alpha value is -3.66. The van der Waals surface area contributed by atoms with Crippen LogP contribution in [0.4, 0.5) is 5.69 Å². The van der Waals surface area contributed by atoms with E-state index in [0.29, 0.717) is 10.9 Å². The first-order valence-corrected chi connectivity index (χ1v) is 12.3. The highest BCUT2D eigenvalue weighted by Gasteiger charge is 2.27. The van der Waals surface area contributed by atoms with Gasteiger partial charge < -0.3 is 14.5 Å². The number of amides is 1. The monoisotopic (exact) mass is 512 g/mol. The van der Waals surface area contributed by atoms with Crippen molar-refractivity contribution in [3.63, 3.8) is 0 Å². The lowest BCUT2D eigenvalue weighted by molar-refractivity contribution is -0.117. The van der Waals surface area contributed by atoms with Crippen molar-refractivity contribution >= 4 is 44.0 Å². The molecule has 35 heavy (non-hydrogen) atoms. The summed E-state index contributed by atoms with van der Waals surface area (Å²) in [5.74, 6) is -0.758. The van der Waals surface area contributed by atoms with Gasteiger partial charge in [-0.05, 0) is 36.8 Å². The summed E-state index contributed by atoms with van der Waals surface area (Å²) in [6, 6.07) is 18.0. The molecule has 10 heteroatoms. The van der Waals surface area contributed by atoms with E-state index in [0.717, 1.165) is 5.56 Å². The first kappa shape index (κ1) is 24.5. The molecular weight excluding hydrogens is 492 g/mol. The predicted octanol–water partition coefficient (Wildman–Crippen LogP) is 4.42. The van der Waals surface area contributed by atoms with E-state index in [2.05, 4.69) is 10.0 Å². The first-order chi connectivity index (χ1) is 16.7. The van der Waals surface area contributed by atoms with Crippen molar-refractivity contribution in [3.8, 4) is 5.95 Å². The maximum atomic E-state index is 13.3. The largest absolute Gasteiger partial charge is 0.467 e. The van der Waals surface area contributed by atoms with E-state index in [4.69, 9.17) is 20.8 Å². The summed E-state index contributed by atoms with van der Waals surface area (Å²) in [6.07, 6.45) is 0. The molecule has 0 aliphatic rings. The van der Waals surface area contributed by atoms with Gasteiger partial charge in [-0.25, -0.2) is 13.2 Å². The maximum Gasteiger partial charge on any atom is 0.346 e. The Labute approximate surface area is 206 Å². The smallest absolute Gasteiger partial charge is 0.346 e. The zero-order valence-corrected chi connectivity index (χ0v) is 20.3. The van der Waals surface area contributed by atoms with Gasteiger partial charge in [-0.2, -0.15) is 4.72 Å². The number of halogens is 1. The normalized spacial score (nSPS) is 12.3. The van der Waals surface area contributed by atoms with Crippen molar-refractivity contribution in [2.75, 3.05) is 12.4 Å². The Kier molecular flexibility index (Phi) is 6.93. The summed E-state index contributed by atoms with van der Waals surface area (Å²) in [5.41, 5.74) is 0.900. The van der Waals surface area contributed by atoms with Crippen LogP contribution in [0, 0.1) is 6.92 Å². The Bertz CT molecular complexity index is 1550. The summed E-state index contributed by atoms with van der Waals surface area (Å²) in [7, 11) is -2.70. The predicted molar refractivity (Wildman–Crippen MR) is 133 cm³/mol. The fourth-order valence-corrected chi connectivity index (χ4v) is 4.95. The molecule has 0 aliphatic heterocycles. The average molecular weight is 513 g/mol. The van der Waals surface area contributed by atoms with E-state index < -0.39 is 27.6 Å². The molecule has 0 bridgehead atoms. The molecule has 0 fully saturated rings. The van der Waals surface area contributed by atoms with E-state index in [9.17, 15) is 18.0 Å². The van der Waals surface area contributed by atoms with Crippen LogP contribution in [0.3, 0.4) is 0 Å². The van der Waals surface area contributed by atoms with E-state index >= 15 is 0 Å². The number of sulfonamides is 1. The van der Waals surface area contributed by atoms with Gasteiger partial charge >= 0.3 is 11.6 Å². The molecule has 1 amide bonds. The van der Waals surface area contributed by atoms with E-state index in [1.165, 1.54) is 25.3 Å². The minimum Gasteiger partial charge on any atom is -0.467 e.